The van der Waals surface area contributed by atoms with Crippen molar-refractivity contribution in [2.75, 3.05) is 18.9 Å². The molecule has 182 valence electrons. The summed E-state index contributed by atoms with van der Waals surface area (Å²) in [6, 6.07) is 17.3. The van der Waals surface area contributed by atoms with Gasteiger partial charge in [-0.05, 0) is 29.5 Å². The maximum Gasteiger partial charge on any atom is 0.318 e. The van der Waals surface area contributed by atoms with Gasteiger partial charge >= 0.3 is 6.03 Å². The van der Waals surface area contributed by atoms with Gasteiger partial charge < -0.3 is 20.4 Å². The molecule has 1 saturated heterocycles. The molecule has 2 aliphatic rings. The highest BCUT2D eigenvalue weighted by Gasteiger charge is 2.56. The largest absolute Gasteiger partial charge is 0.334 e. The van der Waals surface area contributed by atoms with E-state index in [1.165, 1.54) is 9.80 Å². The normalized spacial score (nSPS) is 21.4. The predicted molar refractivity (Wildman–Crippen MR) is 132 cm³/mol. The number of urea groups is 1. The third-order valence-electron chi connectivity index (χ3n) is 6.97. The van der Waals surface area contributed by atoms with E-state index in [0.29, 0.717) is 13.0 Å². The van der Waals surface area contributed by atoms with E-state index in [0.717, 1.165) is 16.8 Å². The lowest BCUT2D eigenvalue weighted by Crippen LogP contribution is -2.53. The van der Waals surface area contributed by atoms with E-state index in [2.05, 4.69) is 16.7 Å². The quantitative estimate of drug-likeness (QED) is 0.672. The zero-order valence-corrected chi connectivity index (χ0v) is 20.3. The average molecular weight is 474 g/mol. The Kier molecular flexibility index (Phi) is 6.79. The van der Waals surface area contributed by atoms with Gasteiger partial charge in [0.25, 0.3) is 0 Å². The molecule has 0 aromatic heterocycles. The minimum atomic E-state index is -0.955. The Bertz CT molecular complexity index is 1160. The summed E-state index contributed by atoms with van der Waals surface area (Å²) in [4.78, 5) is 42.8. The zero-order valence-electron chi connectivity index (χ0n) is 20.3. The van der Waals surface area contributed by atoms with Crippen molar-refractivity contribution in [1.82, 2.24) is 15.1 Å². The summed E-state index contributed by atoms with van der Waals surface area (Å²) in [5, 5.41) is 15.7. The summed E-state index contributed by atoms with van der Waals surface area (Å²) in [6.45, 7) is 4.44. The van der Waals surface area contributed by atoms with Crippen LogP contribution < -0.4 is 10.6 Å². The van der Waals surface area contributed by atoms with Gasteiger partial charge in [-0.15, -0.1) is 0 Å². The number of nitrogens with one attached hydrogen (secondary N) is 2. The number of benzene rings is 2. The van der Waals surface area contributed by atoms with E-state index in [-0.39, 0.29) is 36.7 Å². The third-order valence-corrected chi connectivity index (χ3v) is 6.97. The molecule has 0 bridgehead atoms. The lowest BCUT2D eigenvalue weighted by Gasteiger charge is -2.33. The first-order valence-electron chi connectivity index (χ1n) is 11.9. The Morgan fingerprint density at radius 2 is 1.89 bits per heavy atom. The fourth-order valence-electron chi connectivity index (χ4n) is 5.09. The highest BCUT2D eigenvalue weighted by Crippen LogP contribution is 2.46. The monoisotopic (exact) mass is 473 g/mol. The van der Waals surface area contributed by atoms with Crippen molar-refractivity contribution >= 4 is 23.5 Å². The number of nitrogens with zero attached hydrogens (tertiary/aromatic N) is 3. The van der Waals surface area contributed by atoms with Crippen molar-refractivity contribution in [3.63, 3.8) is 0 Å². The SMILES string of the molecule is CC(C)C[C@@H](C(=O)N1C[C@]2(C[C@H]1C#N)C(=O)Nc1ccccc12)N(C)C(=O)NCc1ccccc1. The first kappa shape index (κ1) is 24.3. The highest BCUT2D eigenvalue weighted by molar-refractivity contribution is 6.07. The summed E-state index contributed by atoms with van der Waals surface area (Å²) in [5.74, 6) is -0.360. The number of anilines is 1. The van der Waals surface area contributed by atoms with E-state index in [9.17, 15) is 19.6 Å². The number of amides is 4. The number of likely N-dealkylation sites (N-methyl/N-ethyl adjacent to an activating group) is 1. The Balaban J connectivity index is 1.56. The van der Waals surface area contributed by atoms with Gasteiger partial charge in [-0.2, -0.15) is 5.26 Å². The first-order valence-corrected chi connectivity index (χ1v) is 11.9. The number of nitriles is 1. The lowest BCUT2D eigenvalue weighted by atomic mass is 9.80. The summed E-state index contributed by atoms with van der Waals surface area (Å²) in [7, 11) is 1.61. The minimum absolute atomic E-state index is 0.112. The van der Waals surface area contributed by atoms with Crippen molar-refractivity contribution in [2.45, 2.75) is 50.7 Å². The van der Waals surface area contributed by atoms with Crippen LogP contribution in [0.3, 0.4) is 0 Å². The van der Waals surface area contributed by atoms with Gasteiger partial charge in [0, 0.05) is 32.2 Å². The van der Waals surface area contributed by atoms with Gasteiger partial charge in [0.2, 0.25) is 11.8 Å². The van der Waals surface area contributed by atoms with E-state index in [1.807, 2.05) is 68.4 Å². The number of carbonyl (C=O) groups excluding carboxylic acids is 3. The Morgan fingerprint density at radius 3 is 2.57 bits per heavy atom. The van der Waals surface area contributed by atoms with E-state index < -0.39 is 17.5 Å². The van der Waals surface area contributed by atoms with Crippen LogP contribution in [-0.4, -0.2) is 53.3 Å². The van der Waals surface area contributed by atoms with Crippen molar-refractivity contribution in [3.05, 3.63) is 65.7 Å². The summed E-state index contributed by atoms with van der Waals surface area (Å²) in [5.41, 5.74) is 1.54. The maximum atomic E-state index is 13.9. The average Bonchev–Trinajstić information content (AvgIpc) is 3.39. The standard InChI is InChI=1S/C27H31N5O3/c1-18(2)13-23(31(3)26(35)29-16-19-9-5-4-6-10-19)24(33)32-17-27(14-20(32)15-28)21-11-7-8-12-22(21)30-25(27)34/h4-12,18,20,23H,13-14,16-17H2,1-3H3,(H,29,35)(H,30,34)/t20-,23-,27-/m0/s1. The Labute approximate surface area is 205 Å². The van der Waals surface area contributed by atoms with E-state index in [1.54, 1.807) is 7.05 Å². The van der Waals surface area contributed by atoms with Crippen molar-refractivity contribution in [2.24, 2.45) is 5.92 Å². The van der Waals surface area contributed by atoms with Crippen molar-refractivity contribution in [1.29, 1.82) is 5.26 Å². The van der Waals surface area contributed by atoms with Crippen LogP contribution in [0.25, 0.3) is 0 Å². The number of para-hydroxylation sites is 1. The number of hydrogen-bond donors (Lipinski definition) is 2. The molecule has 8 nitrogen and oxygen atoms in total. The molecule has 2 aromatic rings. The second-order valence-corrected chi connectivity index (χ2v) is 9.80. The topological polar surface area (TPSA) is 106 Å². The highest BCUT2D eigenvalue weighted by atomic mass is 16.2. The maximum absolute atomic E-state index is 13.9. The summed E-state index contributed by atoms with van der Waals surface area (Å²) < 4.78 is 0. The fourth-order valence-corrected chi connectivity index (χ4v) is 5.09. The van der Waals surface area contributed by atoms with Crippen LogP contribution >= 0.6 is 0 Å². The molecule has 1 spiro atoms. The van der Waals surface area contributed by atoms with Gasteiger partial charge in [-0.1, -0.05) is 62.4 Å². The second-order valence-electron chi connectivity index (χ2n) is 9.80. The molecule has 4 rings (SSSR count). The molecule has 2 aliphatic heterocycles. The fraction of sp³-hybridized carbons (Fsp3) is 0.407. The molecule has 0 saturated carbocycles. The number of rotatable bonds is 6. The van der Waals surface area contributed by atoms with Gasteiger partial charge in [0.1, 0.15) is 12.1 Å². The molecule has 4 amide bonds. The summed E-state index contributed by atoms with van der Waals surface area (Å²) >= 11 is 0. The molecule has 8 heteroatoms. The molecular weight excluding hydrogens is 442 g/mol. The molecule has 2 heterocycles. The summed E-state index contributed by atoms with van der Waals surface area (Å²) in [6.07, 6.45) is 0.676. The zero-order chi connectivity index (χ0) is 25.2. The van der Waals surface area contributed by atoms with Crippen LogP contribution in [0.15, 0.2) is 54.6 Å². The van der Waals surface area contributed by atoms with Gasteiger partial charge in [0.05, 0.1) is 11.5 Å². The van der Waals surface area contributed by atoms with Crippen molar-refractivity contribution in [3.8, 4) is 6.07 Å². The van der Waals surface area contributed by atoms with Crippen LogP contribution in [0.4, 0.5) is 10.5 Å². The minimum Gasteiger partial charge on any atom is -0.334 e. The molecule has 2 N–H and O–H groups in total. The first-order chi connectivity index (χ1) is 16.8. The van der Waals surface area contributed by atoms with Crippen molar-refractivity contribution < 1.29 is 14.4 Å². The lowest BCUT2D eigenvalue weighted by molar-refractivity contribution is -0.136. The van der Waals surface area contributed by atoms with E-state index in [4.69, 9.17) is 0 Å². The smallest absolute Gasteiger partial charge is 0.318 e. The number of hydrogen-bond acceptors (Lipinski definition) is 4. The van der Waals surface area contributed by atoms with Crippen LogP contribution in [-0.2, 0) is 21.5 Å². The van der Waals surface area contributed by atoms with Crippen LogP contribution in [0, 0.1) is 17.2 Å². The second kappa shape index (κ2) is 9.79. The number of carbonyl (C=O) groups is 3. The van der Waals surface area contributed by atoms with Crippen LogP contribution in [0.5, 0.6) is 0 Å². The molecule has 35 heavy (non-hydrogen) atoms. The van der Waals surface area contributed by atoms with Crippen LogP contribution in [0.1, 0.15) is 37.8 Å². The van der Waals surface area contributed by atoms with Crippen LogP contribution in [0.2, 0.25) is 0 Å². The van der Waals surface area contributed by atoms with E-state index >= 15 is 0 Å². The predicted octanol–water partition coefficient (Wildman–Crippen LogP) is 3.26. The van der Waals surface area contributed by atoms with Gasteiger partial charge in [0.15, 0.2) is 0 Å². The molecule has 1 fully saturated rings. The van der Waals surface area contributed by atoms with Gasteiger partial charge in [-0.25, -0.2) is 4.79 Å². The Hall–Kier alpha value is -3.86. The molecular formula is C27H31N5O3. The molecule has 0 unspecified atom stereocenters. The molecule has 0 aliphatic carbocycles. The molecule has 3 atom stereocenters. The molecule has 0 radical (unpaired) electrons. The Morgan fingerprint density at radius 1 is 1.20 bits per heavy atom. The third kappa shape index (κ3) is 4.59. The van der Waals surface area contributed by atoms with Gasteiger partial charge in [-0.3, -0.25) is 9.59 Å². The number of likely N-dealkylation sites (tertiary alicyclic amines) is 1. The molecule has 2 aromatic carbocycles. The number of fused-ring (bicyclic) bond motifs is 2.